The molecule has 1 aliphatic rings. The highest BCUT2D eigenvalue weighted by atomic mass is 16.5. The lowest BCUT2D eigenvalue weighted by molar-refractivity contribution is 0.291. The van der Waals surface area contributed by atoms with Crippen LogP contribution in [0, 0.1) is 11.8 Å². The molecule has 0 aliphatic heterocycles. The second-order valence-electron chi connectivity index (χ2n) is 6.42. The Hall–Kier alpha value is -1.61. The van der Waals surface area contributed by atoms with Crippen LogP contribution in [0.2, 0.25) is 0 Å². The van der Waals surface area contributed by atoms with Crippen LogP contribution in [-0.2, 0) is 6.54 Å². The standard InChI is InChI=1S/C18H24N2O/c1-13(2)10-19-11-16-9-15-5-3-4-6-17(15)18(20-16)21-12-14-7-8-14/h3-6,9,13-14,19H,7-8,10-12H2,1-2H3. The van der Waals surface area contributed by atoms with Crippen molar-refractivity contribution >= 4 is 10.8 Å². The maximum Gasteiger partial charge on any atom is 0.221 e. The van der Waals surface area contributed by atoms with Crippen LogP contribution in [0.15, 0.2) is 30.3 Å². The van der Waals surface area contributed by atoms with Gasteiger partial charge in [-0.15, -0.1) is 0 Å². The minimum Gasteiger partial charge on any atom is -0.477 e. The van der Waals surface area contributed by atoms with Crippen LogP contribution in [0.4, 0.5) is 0 Å². The average molecular weight is 284 g/mol. The Balaban J connectivity index is 1.79. The number of hydrogen-bond acceptors (Lipinski definition) is 3. The smallest absolute Gasteiger partial charge is 0.221 e. The van der Waals surface area contributed by atoms with Crippen molar-refractivity contribution < 1.29 is 4.74 Å². The van der Waals surface area contributed by atoms with Gasteiger partial charge in [0.25, 0.3) is 0 Å². The van der Waals surface area contributed by atoms with E-state index >= 15 is 0 Å². The summed E-state index contributed by atoms with van der Waals surface area (Å²) in [4.78, 5) is 4.71. The molecular weight excluding hydrogens is 260 g/mol. The highest BCUT2D eigenvalue weighted by Gasteiger charge is 2.22. The van der Waals surface area contributed by atoms with Gasteiger partial charge < -0.3 is 10.1 Å². The van der Waals surface area contributed by atoms with Crippen LogP contribution in [0.1, 0.15) is 32.4 Å². The first-order valence-corrected chi connectivity index (χ1v) is 7.94. The molecule has 21 heavy (non-hydrogen) atoms. The van der Waals surface area contributed by atoms with Crippen molar-refractivity contribution in [3.63, 3.8) is 0 Å². The fourth-order valence-corrected chi connectivity index (χ4v) is 2.39. The third-order valence-electron chi connectivity index (χ3n) is 3.77. The van der Waals surface area contributed by atoms with E-state index < -0.39 is 0 Å². The lowest BCUT2D eigenvalue weighted by Crippen LogP contribution is -2.19. The summed E-state index contributed by atoms with van der Waals surface area (Å²) in [7, 11) is 0. The van der Waals surface area contributed by atoms with E-state index in [2.05, 4.69) is 43.4 Å². The van der Waals surface area contributed by atoms with Gasteiger partial charge in [-0.05, 0) is 48.7 Å². The number of rotatable bonds is 7. The van der Waals surface area contributed by atoms with Crippen LogP contribution in [0.5, 0.6) is 5.88 Å². The van der Waals surface area contributed by atoms with Gasteiger partial charge in [-0.3, -0.25) is 0 Å². The summed E-state index contributed by atoms with van der Waals surface area (Å²) in [5.41, 5.74) is 1.06. The molecule has 0 bridgehead atoms. The predicted molar refractivity (Wildman–Crippen MR) is 86.5 cm³/mol. The first kappa shape index (κ1) is 14.3. The Morgan fingerprint density at radius 1 is 1.29 bits per heavy atom. The molecule has 0 atom stereocenters. The Morgan fingerprint density at radius 3 is 2.86 bits per heavy atom. The summed E-state index contributed by atoms with van der Waals surface area (Å²) in [5.74, 6) is 2.19. The molecule has 0 saturated heterocycles. The van der Waals surface area contributed by atoms with Crippen molar-refractivity contribution in [2.45, 2.75) is 33.2 Å². The van der Waals surface area contributed by atoms with Crippen LogP contribution >= 0.6 is 0 Å². The fraction of sp³-hybridized carbons (Fsp3) is 0.500. The van der Waals surface area contributed by atoms with E-state index in [1.165, 1.54) is 18.2 Å². The zero-order valence-electron chi connectivity index (χ0n) is 12.9. The molecule has 0 amide bonds. The van der Waals surface area contributed by atoms with Gasteiger partial charge in [0.15, 0.2) is 0 Å². The molecule has 0 spiro atoms. The highest BCUT2D eigenvalue weighted by molar-refractivity contribution is 5.87. The summed E-state index contributed by atoms with van der Waals surface area (Å²) >= 11 is 0. The molecule has 1 saturated carbocycles. The van der Waals surface area contributed by atoms with Crippen LogP contribution < -0.4 is 10.1 Å². The lowest BCUT2D eigenvalue weighted by atomic mass is 10.1. The molecule has 3 heteroatoms. The monoisotopic (exact) mass is 284 g/mol. The van der Waals surface area contributed by atoms with Gasteiger partial charge in [0.1, 0.15) is 0 Å². The summed E-state index contributed by atoms with van der Waals surface area (Å²) in [5, 5.41) is 5.78. The molecule has 3 nitrogen and oxygen atoms in total. The number of aromatic nitrogens is 1. The maximum atomic E-state index is 5.97. The topological polar surface area (TPSA) is 34.1 Å². The third kappa shape index (κ3) is 3.94. The molecular formula is C18H24N2O. The van der Waals surface area contributed by atoms with Crippen molar-refractivity contribution in [1.29, 1.82) is 0 Å². The molecule has 2 aromatic rings. The van der Waals surface area contributed by atoms with Gasteiger partial charge in [-0.1, -0.05) is 32.0 Å². The number of nitrogens with zero attached hydrogens (tertiary/aromatic N) is 1. The Morgan fingerprint density at radius 2 is 2.10 bits per heavy atom. The van der Waals surface area contributed by atoms with Gasteiger partial charge in [0.05, 0.1) is 12.3 Å². The quantitative estimate of drug-likeness (QED) is 0.840. The first-order valence-electron chi connectivity index (χ1n) is 7.94. The number of ether oxygens (including phenoxy) is 1. The number of hydrogen-bond donors (Lipinski definition) is 1. The molecule has 1 heterocycles. The lowest BCUT2D eigenvalue weighted by Gasteiger charge is -2.12. The fourth-order valence-electron chi connectivity index (χ4n) is 2.39. The van der Waals surface area contributed by atoms with Gasteiger partial charge in [0, 0.05) is 11.9 Å². The molecule has 1 aromatic carbocycles. The summed E-state index contributed by atoms with van der Waals surface area (Å²) in [6, 6.07) is 10.5. The molecule has 0 unspecified atom stereocenters. The number of pyridine rings is 1. The molecule has 3 rings (SSSR count). The second kappa shape index (κ2) is 6.44. The van der Waals surface area contributed by atoms with Crippen molar-refractivity contribution in [2.75, 3.05) is 13.2 Å². The third-order valence-corrected chi connectivity index (χ3v) is 3.77. The molecule has 1 aromatic heterocycles. The molecule has 1 aliphatic carbocycles. The van der Waals surface area contributed by atoms with Gasteiger partial charge >= 0.3 is 0 Å². The molecule has 1 fully saturated rings. The van der Waals surface area contributed by atoms with E-state index in [-0.39, 0.29) is 0 Å². The second-order valence-corrected chi connectivity index (χ2v) is 6.42. The largest absolute Gasteiger partial charge is 0.477 e. The summed E-state index contributed by atoms with van der Waals surface area (Å²) in [6.45, 7) is 7.03. The van der Waals surface area contributed by atoms with Crippen molar-refractivity contribution in [2.24, 2.45) is 11.8 Å². The minimum absolute atomic E-state index is 0.649. The van der Waals surface area contributed by atoms with E-state index in [9.17, 15) is 0 Å². The van der Waals surface area contributed by atoms with E-state index in [0.29, 0.717) is 5.92 Å². The van der Waals surface area contributed by atoms with Gasteiger partial charge in [0.2, 0.25) is 5.88 Å². The maximum absolute atomic E-state index is 5.97. The van der Waals surface area contributed by atoms with Crippen molar-refractivity contribution in [3.05, 3.63) is 36.0 Å². The molecule has 1 N–H and O–H groups in total. The Labute approximate surface area is 126 Å². The highest BCUT2D eigenvalue weighted by Crippen LogP contribution is 2.31. The number of benzene rings is 1. The number of fused-ring (bicyclic) bond motifs is 1. The average Bonchev–Trinajstić information content (AvgIpc) is 3.28. The van der Waals surface area contributed by atoms with E-state index in [4.69, 9.17) is 9.72 Å². The Kier molecular flexibility index (Phi) is 4.39. The Bertz CT molecular complexity index is 605. The van der Waals surface area contributed by atoms with E-state index in [1.807, 2.05) is 6.07 Å². The SMILES string of the molecule is CC(C)CNCc1cc2ccccc2c(OCC2CC2)n1. The molecule has 0 radical (unpaired) electrons. The van der Waals surface area contributed by atoms with Crippen LogP contribution in [-0.4, -0.2) is 18.1 Å². The summed E-state index contributed by atoms with van der Waals surface area (Å²) < 4.78 is 5.97. The number of nitrogens with one attached hydrogen (secondary N) is 1. The van der Waals surface area contributed by atoms with Gasteiger partial charge in [-0.25, -0.2) is 4.98 Å². The normalized spacial score (nSPS) is 14.8. The minimum atomic E-state index is 0.649. The molecule has 112 valence electrons. The summed E-state index contributed by atoms with van der Waals surface area (Å²) in [6.07, 6.45) is 2.60. The van der Waals surface area contributed by atoms with Crippen LogP contribution in [0.25, 0.3) is 10.8 Å². The van der Waals surface area contributed by atoms with Crippen molar-refractivity contribution in [3.8, 4) is 5.88 Å². The van der Waals surface area contributed by atoms with E-state index in [0.717, 1.165) is 42.6 Å². The van der Waals surface area contributed by atoms with Crippen LogP contribution in [0.3, 0.4) is 0 Å². The predicted octanol–water partition coefficient (Wildman–Crippen LogP) is 3.77. The zero-order chi connectivity index (χ0) is 14.7. The van der Waals surface area contributed by atoms with E-state index in [1.54, 1.807) is 0 Å². The van der Waals surface area contributed by atoms with Gasteiger partial charge in [-0.2, -0.15) is 0 Å². The van der Waals surface area contributed by atoms with Crippen molar-refractivity contribution in [1.82, 2.24) is 10.3 Å². The first-order chi connectivity index (χ1) is 10.2. The zero-order valence-corrected chi connectivity index (χ0v) is 12.9.